The summed E-state index contributed by atoms with van der Waals surface area (Å²) in [4.78, 5) is 13.8. The molecule has 0 radical (unpaired) electrons. The van der Waals surface area contributed by atoms with E-state index in [-0.39, 0.29) is 0 Å². The number of hydrogen-bond acceptors (Lipinski definition) is 4. The van der Waals surface area contributed by atoms with Crippen LogP contribution in [-0.2, 0) is 6.54 Å². The second-order valence-electron chi connectivity index (χ2n) is 5.75. The number of rotatable bonds is 3. The number of ether oxygens (including phenoxy) is 1. The van der Waals surface area contributed by atoms with E-state index in [9.17, 15) is 4.79 Å². The number of benzene rings is 1. The summed E-state index contributed by atoms with van der Waals surface area (Å²) in [5.74, 6) is 0.801. The van der Waals surface area contributed by atoms with Gasteiger partial charge in [0, 0.05) is 30.3 Å². The molecule has 0 aromatic heterocycles. The van der Waals surface area contributed by atoms with Crippen LogP contribution in [0.25, 0.3) is 0 Å². The molecule has 0 saturated carbocycles. The van der Waals surface area contributed by atoms with Gasteiger partial charge in [0.15, 0.2) is 0 Å². The van der Waals surface area contributed by atoms with Crippen molar-refractivity contribution in [1.82, 2.24) is 10.4 Å². The van der Waals surface area contributed by atoms with E-state index in [1.807, 2.05) is 6.07 Å². The third kappa shape index (κ3) is 3.29. The van der Waals surface area contributed by atoms with Crippen LogP contribution in [0.4, 0.5) is 0 Å². The molecule has 110 valence electrons. The van der Waals surface area contributed by atoms with Crippen LogP contribution in [0.15, 0.2) is 18.2 Å². The van der Waals surface area contributed by atoms with Crippen molar-refractivity contribution in [3.63, 3.8) is 0 Å². The first-order chi connectivity index (χ1) is 9.51. The topological polar surface area (TPSA) is 61.8 Å². The van der Waals surface area contributed by atoms with Crippen molar-refractivity contribution in [2.75, 3.05) is 13.2 Å². The fraction of sp³-hybridized carbons (Fsp3) is 0.533. The van der Waals surface area contributed by atoms with Gasteiger partial charge in [-0.2, -0.15) is 0 Å². The summed E-state index contributed by atoms with van der Waals surface area (Å²) in [6, 6.07) is 5.62. The average molecular weight is 278 g/mol. The second-order valence-corrected chi connectivity index (χ2v) is 5.75. The number of hydrogen-bond donors (Lipinski definition) is 2. The molecule has 0 bridgehead atoms. The minimum absolute atomic E-state index is 0.333. The van der Waals surface area contributed by atoms with Gasteiger partial charge in [-0.05, 0) is 25.0 Å². The van der Waals surface area contributed by atoms with E-state index in [0.29, 0.717) is 24.1 Å². The van der Waals surface area contributed by atoms with E-state index in [1.54, 1.807) is 17.6 Å². The lowest BCUT2D eigenvalue weighted by atomic mass is 10.1. The Bertz CT molecular complexity index is 488. The molecular formula is C15H22N2O3. The molecule has 1 aromatic rings. The van der Waals surface area contributed by atoms with E-state index in [4.69, 9.17) is 9.94 Å². The van der Waals surface area contributed by atoms with Gasteiger partial charge in [-0.3, -0.25) is 14.9 Å². The predicted molar refractivity (Wildman–Crippen MR) is 75.9 cm³/mol. The number of amides is 1. The Morgan fingerprint density at radius 2 is 2.30 bits per heavy atom. The van der Waals surface area contributed by atoms with E-state index in [2.05, 4.69) is 25.7 Å². The average Bonchev–Trinajstić information content (AvgIpc) is 2.57. The molecule has 2 N–H and O–H groups in total. The molecule has 0 saturated heterocycles. The maximum atomic E-state index is 11.4. The molecule has 0 unspecified atom stereocenters. The normalized spacial score (nSPS) is 19.1. The number of nitrogens with one attached hydrogen (secondary N) is 1. The van der Waals surface area contributed by atoms with Gasteiger partial charge in [0.05, 0.1) is 0 Å². The van der Waals surface area contributed by atoms with Gasteiger partial charge in [-0.25, -0.2) is 5.48 Å². The smallest absolute Gasteiger partial charge is 0.274 e. The van der Waals surface area contributed by atoms with E-state index in [0.717, 1.165) is 24.4 Å². The van der Waals surface area contributed by atoms with Crippen LogP contribution in [0.5, 0.6) is 5.75 Å². The van der Waals surface area contributed by atoms with Crippen molar-refractivity contribution in [3.8, 4) is 5.75 Å². The lowest BCUT2D eigenvalue weighted by molar-refractivity contribution is 0.0706. The van der Waals surface area contributed by atoms with Crippen LogP contribution in [0.1, 0.15) is 36.7 Å². The SMILES string of the molecule is CC(C)CN1Cc2ccc(C(=O)NO)cc2OC[C@@H]1C. The molecule has 0 aliphatic carbocycles. The molecule has 2 rings (SSSR count). The number of carbonyl (C=O) groups is 1. The minimum Gasteiger partial charge on any atom is -0.492 e. The van der Waals surface area contributed by atoms with Gasteiger partial charge in [0.1, 0.15) is 12.4 Å². The summed E-state index contributed by atoms with van der Waals surface area (Å²) in [5, 5.41) is 8.68. The van der Waals surface area contributed by atoms with Crippen LogP contribution < -0.4 is 10.2 Å². The highest BCUT2D eigenvalue weighted by Crippen LogP contribution is 2.26. The van der Waals surface area contributed by atoms with E-state index in [1.165, 1.54) is 0 Å². The molecule has 1 atom stereocenters. The van der Waals surface area contributed by atoms with Gasteiger partial charge in [-0.1, -0.05) is 19.9 Å². The van der Waals surface area contributed by atoms with Gasteiger partial charge >= 0.3 is 0 Å². The molecule has 0 spiro atoms. The monoisotopic (exact) mass is 278 g/mol. The fourth-order valence-corrected chi connectivity index (χ4v) is 2.43. The first-order valence-electron chi connectivity index (χ1n) is 6.95. The highest BCUT2D eigenvalue weighted by Gasteiger charge is 2.22. The summed E-state index contributed by atoms with van der Waals surface area (Å²) in [7, 11) is 0. The summed E-state index contributed by atoms with van der Waals surface area (Å²) >= 11 is 0. The van der Waals surface area contributed by atoms with Crippen LogP contribution >= 0.6 is 0 Å². The quantitative estimate of drug-likeness (QED) is 0.656. The number of nitrogens with zero attached hydrogens (tertiary/aromatic N) is 1. The van der Waals surface area contributed by atoms with Gasteiger partial charge in [0.2, 0.25) is 0 Å². The third-order valence-electron chi connectivity index (χ3n) is 3.51. The van der Waals surface area contributed by atoms with Gasteiger partial charge in [-0.15, -0.1) is 0 Å². The minimum atomic E-state index is -0.521. The Morgan fingerprint density at radius 3 is 2.95 bits per heavy atom. The first-order valence-corrected chi connectivity index (χ1v) is 6.95. The Hall–Kier alpha value is -1.59. The number of hydroxylamine groups is 1. The predicted octanol–water partition coefficient (Wildman–Crippen LogP) is 2.04. The Morgan fingerprint density at radius 1 is 1.55 bits per heavy atom. The van der Waals surface area contributed by atoms with Crippen molar-refractivity contribution in [2.24, 2.45) is 5.92 Å². The van der Waals surface area contributed by atoms with Crippen LogP contribution in [0.3, 0.4) is 0 Å². The number of carbonyl (C=O) groups excluding carboxylic acids is 1. The van der Waals surface area contributed by atoms with Crippen molar-refractivity contribution in [3.05, 3.63) is 29.3 Å². The summed E-state index contributed by atoms with van der Waals surface area (Å²) in [5.41, 5.74) is 3.12. The Balaban J connectivity index is 2.24. The summed E-state index contributed by atoms with van der Waals surface area (Å²) in [6.07, 6.45) is 0. The lowest BCUT2D eigenvalue weighted by Gasteiger charge is -2.27. The Labute approximate surface area is 119 Å². The molecule has 1 aromatic carbocycles. The van der Waals surface area contributed by atoms with Crippen molar-refractivity contribution < 1.29 is 14.7 Å². The zero-order valence-electron chi connectivity index (χ0n) is 12.2. The van der Waals surface area contributed by atoms with Crippen molar-refractivity contribution >= 4 is 5.91 Å². The highest BCUT2D eigenvalue weighted by atomic mass is 16.5. The number of fused-ring (bicyclic) bond motifs is 1. The molecule has 1 heterocycles. The molecule has 5 heteroatoms. The molecule has 1 amide bonds. The molecule has 20 heavy (non-hydrogen) atoms. The van der Waals surface area contributed by atoms with Crippen LogP contribution in [-0.4, -0.2) is 35.2 Å². The second kappa shape index (κ2) is 6.24. The maximum Gasteiger partial charge on any atom is 0.274 e. The standard InChI is InChI=1S/C15H22N2O3/c1-10(2)7-17-8-13-5-4-12(15(18)16-19)6-14(13)20-9-11(17)3/h4-6,10-11,19H,7-9H2,1-3H3,(H,16,18)/t11-/m0/s1. The van der Waals surface area contributed by atoms with Crippen LogP contribution in [0, 0.1) is 5.92 Å². The fourth-order valence-electron chi connectivity index (χ4n) is 2.43. The van der Waals surface area contributed by atoms with Crippen molar-refractivity contribution in [2.45, 2.75) is 33.4 Å². The zero-order chi connectivity index (χ0) is 14.7. The van der Waals surface area contributed by atoms with Crippen molar-refractivity contribution in [1.29, 1.82) is 0 Å². The largest absolute Gasteiger partial charge is 0.492 e. The molecule has 0 fully saturated rings. The van der Waals surface area contributed by atoms with Gasteiger partial charge < -0.3 is 4.74 Å². The third-order valence-corrected chi connectivity index (χ3v) is 3.51. The molecule has 1 aliphatic heterocycles. The molecule has 1 aliphatic rings. The first kappa shape index (κ1) is 14.8. The van der Waals surface area contributed by atoms with Crippen LogP contribution in [0.2, 0.25) is 0 Å². The van der Waals surface area contributed by atoms with Gasteiger partial charge in [0.25, 0.3) is 5.91 Å². The van der Waals surface area contributed by atoms with E-state index < -0.39 is 5.91 Å². The zero-order valence-corrected chi connectivity index (χ0v) is 12.2. The molecule has 5 nitrogen and oxygen atoms in total. The highest BCUT2D eigenvalue weighted by molar-refractivity contribution is 5.93. The molecular weight excluding hydrogens is 256 g/mol. The summed E-state index contributed by atoms with van der Waals surface area (Å²) in [6.45, 7) is 8.99. The summed E-state index contributed by atoms with van der Waals surface area (Å²) < 4.78 is 5.80. The van der Waals surface area contributed by atoms with E-state index >= 15 is 0 Å². The Kier molecular flexibility index (Phi) is 4.62. The maximum absolute atomic E-state index is 11.4. The lowest BCUT2D eigenvalue weighted by Crippen LogP contribution is -2.37.